The van der Waals surface area contributed by atoms with Crippen molar-refractivity contribution < 1.29 is 34.1 Å². The van der Waals surface area contributed by atoms with Gasteiger partial charge in [-0.1, -0.05) is 60.7 Å². The second-order valence-electron chi connectivity index (χ2n) is 12.6. The number of nitrogens with zero attached hydrogens (tertiary/aromatic N) is 2. The Balaban J connectivity index is 1.20. The Morgan fingerprint density at radius 1 is 1.06 bits per heavy atom. The first-order valence-electron chi connectivity index (χ1n) is 15.9. The molecule has 11 heteroatoms. The molecule has 1 unspecified atom stereocenters. The number of aliphatic hydroxyl groups is 1. The number of carboxylic acids is 1. The fourth-order valence-corrected chi connectivity index (χ4v) is 6.98. The summed E-state index contributed by atoms with van der Waals surface area (Å²) in [6.07, 6.45) is 0.782. The molecular weight excluding hydrogens is 612 g/mol. The fraction of sp³-hybridized carbons (Fsp3) is 0.297. The Kier molecular flexibility index (Phi) is 8.00. The number of amides is 3. The molecule has 7 rings (SSSR count). The molecule has 2 fully saturated rings. The maximum Gasteiger partial charge on any atom is 0.330 e. The molecular formula is C37H36N4O7. The minimum atomic E-state index is -1.47. The topological polar surface area (TPSA) is 150 Å². The minimum Gasteiger partial charge on any atom is -0.497 e. The summed E-state index contributed by atoms with van der Waals surface area (Å²) >= 11 is 0. The molecule has 1 aromatic heterocycles. The third kappa shape index (κ3) is 5.60. The number of likely N-dealkylation sites (tertiary alicyclic amines) is 1. The maximum absolute atomic E-state index is 13.9. The number of carboxylic acid groups (broad SMARTS) is 1. The summed E-state index contributed by atoms with van der Waals surface area (Å²) in [7, 11) is 1.58. The van der Waals surface area contributed by atoms with E-state index in [9.17, 15) is 24.6 Å². The molecule has 6 atom stereocenters. The highest BCUT2D eigenvalue weighted by Gasteiger charge is 2.61. The van der Waals surface area contributed by atoms with Crippen molar-refractivity contribution in [3.8, 4) is 22.8 Å². The van der Waals surface area contributed by atoms with Crippen LogP contribution in [0.15, 0.2) is 91.5 Å². The second-order valence-corrected chi connectivity index (χ2v) is 12.6. The lowest BCUT2D eigenvalue weighted by Gasteiger charge is -2.28. The van der Waals surface area contributed by atoms with Gasteiger partial charge in [0.2, 0.25) is 5.91 Å². The molecule has 0 radical (unpaired) electrons. The number of pyridine rings is 1. The van der Waals surface area contributed by atoms with E-state index in [1.807, 2.05) is 78.9 Å². The summed E-state index contributed by atoms with van der Waals surface area (Å²) in [6.45, 7) is 3.75. The number of benzene rings is 3. The smallest absolute Gasteiger partial charge is 0.330 e. The first kappa shape index (κ1) is 31.2. The van der Waals surface area contributed by atoms with Crippen LogP contribution in [0.5, 0.6) is 11.5 Å². The van der Waals surface area contributed by atoms with E-state index in [2.05, 4.69) is 17.2 Å². The van der Waals surface area contributed by atoms with Gasteiger partial charge in [-0.2, -0.15) is 0 Å². The first-order valence-corrected chi connectivity index (χ1v) is 15.9. The van der Waals surface area contributed by atoms with Gasteiger partial charge in [0.25, 0.3) is 0 Å². The molecule has 1 saturated heterocycles. The molecule has 2 heterocycles. The minimum absolute atomic E-state index is 0.0416. The number of carbonyl (C=O) groups is 3. The van der Waals surface area contributed by atoms with Crippen LogP contribution in [-0.2, 0) is 16.0 Å². The highest BCUT2D eigenvalue weighted by molar-refractivity contribution is 5.95. The van der Waals surface area contributed by atoms with Gasteiger partial charge in [-0.05, 0) is 29.7 Å². The molecule has 1 aliphatic heterocycles. The van der Waals surface area contributed by atoms with Crippen molar-refractivity contribution in [1.29, 1.82) is 0 Å². The number of methoxy groups -OCH3 is 1. The van der Waals surface area contributed by atoms with Crippen LogP contribution in [0.2, 0.25) is 0 Å². The third-order valence-electron chi connectivity index (χ3n) is 9.68. The second kappa shape index (κ2) is 12.3. The van der Waals surface area contributed by atoms with Crippen LogP contribution in [-0.4, -0.2) is 75.4 Å². The molecule has 3 aromatic carbocycles. The average Bonchev–Trinajstić information content (AvgIpc) is 3.51. The quantitative estimate of drug-likeness (QED) is 0.197. The van der Waals surface area contributed by atoms with Crippen LogP contribution >= 0.6 is 0 Å². The van der Waals surface area contributed by atoms with Crippen molar-refractivity contribution in [2.75, 3.05) is 13.7 Å². The van der Waals surface area contributed by atoms with Gasteiger partial charge in [0.15, 0.2) is 0 Å². The van der Waals surface area contributed by atoms with Gasteiger partial charge < -0.3 is 35.2 Å². The van der Waals surface area contributed by atoms with Crippen LogP contribution in [0.1, 0.15) is 30.0 Å². The third-order valence-corrected chi connectivity index (χ3v) is 9.68. The molecule has 3 amide bonds. The highest BCUT2D eigenvalue weighted by atomic mass is 16.5. The molecule has 4 aromatic rings. The number of nitrogens with one attached hydrogen (secondary N) is 2. The van der Waals surface area contributed by atoms with Crippen molar-refractivity contribution in [2.24, 2.45) is 5.92 Å². The molecule has 11 nitrogen and oxygen atoms in total. The van der Waals surface area contributed by atoms with Crippen molar-refractivity contribution in [3.05, 3.63) is 103 Å². The number of carbonyl (C=O) groups excluding carboxylic acids is 2. The Morgan fingerprint density at radius 3 is 2.56 bits per heavy atom. The molecule has 3 aliphatic rings. The largest absolute Gasteiger partial charge is 0.497 e. The Morgan fingerprint density at radius 2 is 1.83 bits per heavy atom. The normalized spacial score (nSPS) is 25.6. The average molecular weight is 649 g/mol. The number of rotatable bonds is 9. The summed E-state index contributed by atoms with van der Waals surface area (Å²) in [5.41, 5.74) is 2.49. The highest BCUT2D eigenvalue weighted by Crippen LogP contribution is 2.45. The summed E-state index contributed by atoms with van der Waals surface area (Å²) in [5.74, 6) is -1.02. The molecule has 1 saturated carbocycles. The van der Waals surface area contributed by atoms with E-state index in [4.69, 9.17) is 14.5 Å². The molecule has 2 aliphatic carbocycles. The number of hydrogen-bond donors (Lipinski definition) is 4. The molecule has 0 bridgehead atoms. The van der Waals surface area contributed by atoms with Gasteiger partial charge in [-0.15, -0.1) is 6.58 Å². The number of aromatic nitrogens is 1. The lowest BCUT2D eigenvalue weighted by atomic mass is 10.1. The van der Waals surface area contributed by atoms with E-state index < -0.39 is 53.7 Å². The Labute approximate surface area is 277 Å². The number of ether oxygens (including phenoxy) is 2. The lowest BCUT2D eigenvalue weighted by molar-refractivity contribution is -0.144. The number of fused-ring (bicyclic) bond motifs is 2. The monoisotopic (exact) mass is 648 g/mol. The van der Waals surface area contributed by atoms with Gasteiger partial charge in [0.05, 0.1) is 37.0 Å². The fourth-order valence-electron chi connectivity index (χ4n) is 6.98. The summed E-state index contributed by atoms with van der Waals surface area (Å²) < 4.78 is 12.0. The van der Waals surface area contributed by atoms with Gasteiger partial charge in [0.1, 0.15) is 29.2 Å². The van der Waals surface area contributed by atoms with E-state index in [1.54, 1.807) is 7.11 Å². The molecule has 246 valence electrons. The number of aliphatic hydroxyl groups excluding tert-OH is 1. The van der Waals surface area contributed by atoms with E-state index in [1.165, 1.54) is 11.0 Å². The van der Waals surface area contributed by atoms with Crippen molar-refractivity contribution in [2.45, 2.75) is 49.1 Å². The summed E-state index contributed by atoms with van der Waals surface area (Å²) in [6, 6.07) is 22.2. The molecule has 48 heavy (non-hydrogen) atoms. The SMILES string of the molecule is C=CC1C[C@]1(NC(=O)[C@@H]1C[C@@H](Oc2cc(-c3ccccc3)nc3cc(OC)ccc23)CN1C(=O)N[C@H]1c2ccccc2C[C@H]1O)C(=O)O. The number of hydrogen-bond acceptors (Lipinski definition) is 7. The van der Waals surface area contributed by atoms with Crippen LogP contribution in [0.4, 0.5) is 4.79 Å². The number of urea groups is 1. The van der Waals surface area contributed by atoms with Crippen LogP contribution in [0.3, 0.4) is 0 Å². The van der Waals surface area contributed by atoms with E-state index >= 15 is 0 Å². The predicted octanol–water partition coefficient (Wildman–Crippen LogP) is 4.25. The van der Waals surface area contributed by atoms with Crippen molar-refractivity contribution in [3.63, 3.8) is 0 Å². The lowest BCUT2D eigenvalue weighted by Crippen LogP contribution is -2.55. The van der Waals surface area contributed by atoms with E-state index in [0.29, 0.717) is 29.1 Å². The van der Waals surface area contributed by atoms with Gasteiger partial charge in [0, 0.05) is 41.8 Å². The first-order chi connectivity index (χ1) is 23.2. The van der Waals surface area contributed by atoms with Crippen LogP contribution in [0, 0.1) is 5.92 Å². The van der Waals surface area contributed by atoms with Crippen LogP contribution in [0.25, 0.3) is 22.2 Å². The standard InChI is InChI=1S/C37H36N4O7/c1-3-23-19-37(23,35(44)45)40-34(43)30-17-25(20-41(30)36(46)39-33-26-12-8-7-11-22(26)15-31(33)42)48-32-18-28(21-9-5-4-6-10-21)38-29-16-24(47-2)13-14-27(29)32/h3-14,16,18,23,25,30-31,33,42H,1,15,17,19-20H2,2H3,(H,39,46)(H,40,43)(H,44,45)/t23?,25-,30+,31-,33+,37-/m1/s1. The van der Waals surface area contributed by atoms with Gasteiger partial charge in [-0.25, -0.2) is 14.6 Å². The zero-order valence-corrected chi connectivity index (χ0v) is 26.3. The zero-order valence-electron chi connectivity index (χ0n) is 26.3. The van der Waals surface area contributed by atoms with Crippen molar-refractivity contribution >= 4 is 28.8 Å². The Bertz CT molecular complexity index is 1920. The maximum atomic E-state index is 13.9. The molecule has 0 spiro atoms. The van der Waals surface area contributed by atoms with E-state index in [0.717, 1.165) is 22.1 Å². The predicted molar refractivity (Wildman–Crippen MR) is 177 cm³/mol. The zero-order chi connectivity index (χ0) is 33.6. The molecule has 4 N–H and O–H groups in total. The van der Waals surface area contributed by atoms with Gasteiger partial charge in [-0.3, -0.25) is 4.79 Å². The van der Waals surface area contributed by atoms with Gasteiger partial charge >= 0.3 is 12.0 Å². The summed E-state index contributed by atoms with van der Waals surface area (Å²) in [4.78, 5) is 46.2. The Hall–Kier alpha value is -5.42. The number of aliphatic carboxylic acids is 1. The summed E-state index contributed by atoms with van der Waals surface area (Å²) in [5, 5.41) is 27.2. The van der Waals surface area contributed by atoms with E-state index in [-0.39, 0.29) is 19.4 Å². The van der Waals surface area contributed by atoms with Crippen LogP contribution < -0.4 is 20.1 Å². The van der Waals surface area contributed by atoms with Crippen molar-refractivity contribution in [1.82, 2.24) is 20.5 Å².